The first-order valence-corrected chi connectivity index (χ1v) is 5.54. The fraction of sp³-hybridized carbons (Fsp3) is 1.00. The van der Waals surface area contributed by atoms with E-state index in [1.165, 1.54) is 6.42 Å². The first-order chi connectivity index (χ1) is 5.65. The maximum atomic E-state index is 10.7. The lowest BCUT2D eigenvalue weighted by Crippen LogP contribution is -2.34. The molecule has 12 heavy (non-hydrogen) atoms. The normalized spacial score (nSPS) is 27.2. The Hall–Kier alpha value is 0.0700. The van der Waals surface area contributed by atoms with Crippen LogP contribution >= 0.6 is 0 Å². The lowest BCUT2D eigenvalue weighted by atomic mass is 9.98. The minimum Gasteiger partial charge on any atom is -0.770 e. The average Bonchev–Trinajstić information content (AvgIpc) is 1.97. The Morgan fingerprint density at radius 3 is 1.92 bits per heavy atom. The van der Waals surface area contributed by atoms with Crippen LogP contribution in [0.1, 0.15) is 44.9 Å². The number of rotatable bonds is 1. The van der Waals surface area contributed by atoms with Crippen LogP contribution in [-0.2, 0) is 11.1 Å². The Morgan fingerprint density at radius 1 is 1.08 bits per heavy atom. The molecule has 0 radical (unpaired) electrons. The standard InChI is InChI=1S/C8H16O3S/c9-8(12(10)11)6-4-2-1-3-5-7-8/h9H,1-7H2,(H,10,11)/p-1. The van der Waals surface area contributed by atoms with Crippen molar-refractivity contribution in [2.75, 3.05) is 0 Å². The molecule has 1 aliphatic rings. The van der Waals surface area contributed by atoms with Crippen LogP contribution in [0.5, 0.6) is 0 Å². The lowest BCUT2D eigenvalue weighted by Gasteiger charge is -2.31. The summed E-state index contributed by atoms with van der Waals surface area (Å²) >= 11 is -2.33. The van der Waals surface area contributed by atoms with E-state index < -0.39 is 16.0 Å². The minimum atomic E-state index is -2.33. The van der Waals surface area contributed by atoms with Gasteiger partial charge in [0.05, 0.1) is 0 Å². The van der Waals surface area contributed by atoms with Crippen LogP contribution < -0.4 is 0 Å². The topological polar surface area (TPSA) is 60.4 Å². The van der Waals surface area contributed by atoms with E-state index in [1.54, 1.807) is 0 Å². The zero-order valence-electron chi connectivity index (χ0n) is 7.12. The molecule has 0 aromatic rings. The van der Waals surface area contributed by atoms with Gasteiger partial charge in [0, 0.05) is 0 Å². The highest BCUT2D eigenvalue weighted by atomic mass is 32.2. The summed E-state index contributed by atoms with van der Waals surface area (Å²) in [5, 5.41) is 9.64. The molecule has 1 N–H and O–H groups in total. The zero-order valence-corrected chi connectivity index (χ0v) is 7.94. The first-order valence-electron chi connectivity index (χ1n) is 4.47. The van der Waals surface area contributed by atoms with Gasteiger partial charge in [-0.15, -0.1) is 0 Å². The molecule has 72 valence electrons. The highest BCUT2D eigenvalue weighted by Crippen LogP contribution is 2.27. The minimum absolute atomic E-state index is 0.406. The van der Waals surface area contributed by atoms with E-state index >= 15 is 0 Å². The smallest absolute Gasteiger partial charge is 0.126 e. The van der Waals surface area contributed by atoms with Crippen molar-refractivity contribution < 1.29 is 13.9 Å². The Kier molecular flexibility index (Phi) is 3.68. The molecule has 1 fully saturated rings. The molecular formula is C8H15O3S-. The average molecular weight is 191 g/mol. The fourth-order valence-electron chi connectivity index (χ4n) is 1.62. The maximum absolute atomic E-state index is 10.7. The molecule has 0 saturated heterocycles. The van der Waals surface area contributed by atoms with Gasteiger partial charge in [-0.05, 0) is 36.8 Å². The van der Waals surface area contributed by atoms with E-state index in [9.17, 15) is 13.9 Å². The van der Waals surface area contributed by atoms with E-state index in [2.05, 4.69) is 0 Å². The second-order valence-electron chi connectivity index (χ2n) is 3.45. The van der Waals surface area contributed by atoms with Gasteiger partial charge in [-0.1, -0.05) is 19.3 Å². The first kappa shape index (κ1) is 10.2. The van der Waals surface area contributed by atoms with Gasteiger partial charge in [0.15, 0.2) is 0 Å². The lowest BCUT2D eigenvalue weighted by molar-refractivity contribution is 0.0913. The third kappa shape index (κ3) is 2.54. The van der Waals surface area contributed by atoms with E-state index in [0.717, 1.165) is 25.7 Å². The molecule has 1 unspecified atom stereocenters. The Balaban J connectivity index is 2.54. The van der Waals surface area contributed by atoms with E-state index in [4.69, 9.17) is 0 Å². The van der Waals surface area contributed by atoms with Crippen LogP contribution in [0.25, 0.3) is 0 Å². The number of hydrogen-bond donors (Lipinski definition) is 1. The van der Waals surface area contributed by atoms with Gasteiger partial charge >= 0.3 is 0 Å². The van der Waals surface area contributed by atoms with E-state index in [0.29, 0.717) is 12.8 Å². The number of hydrogen-bond acceptors (Lipinski definition) is 3. The SMILES string of the molecule is O=S([O-])C1(O)CCCCCCC1. The van der Waals surface area contributed by atoms with Gasteiger partial charge in [-0.25, -0.2) is 0 Å². The molecule has 0 aromatic carbocycles. The van der Waals surface area contributed by atoms with Gasteiger partial charge in [0.1, 0.15) is 4.93 Å². The molecule has 0 aromatic heterocycles. The molecule has 0 amide bonds. The van der Waals surface area contributed by atoms with Crippen molar-refractivity contribution in [2.24, 2.45) is 0 Å². The van der Waals surface area contributed by atoms with Crippen molar-refractivity contribution in [2.45, 2.75) is 49.9 Å². The Labute approximate surface area is 75.5 Å². The summed E-state index contributed by atoms with van der Waals surface area (Å²) in [7, 11) is 0. The van der Waals surface area contributed by atoms with Crippen molar-refractivity contribution in [3.8, 4) is 0 Å². The second-order valence-corrected chi connectivity index (χ2v) is 4.68. The quantitative estimate of drug-likeness (QED) is 0.635. The molecule has 0 spiro atoms. The molecule has 1 aliphatic carbocycles. The summed E-state index contributed by atoms with van der Waals surface area (Å²) in [5.74, 6) is 0. The zero-order chi connectivity index (χ0) is 9.03. The van der Waals surface area contributed by atoms with Crippen LogP contribution in [0.2, 0.25) is 0 Å². The predicted octanol–water partition coefficient (Wildman–Crippen LogP) is 1.30. The molecule has 1 rings (SSSR count). The summed E-state index contributed by atoms with van der Waals surface area (Å²) in [5.41, 5.74) is 0. The van der Waals surface area contributed by atoms with E-state index in [1.807, 2.05) is 0 Å². The largest absolute Gasteiger partial charge is 0.770 e. The van der Waals surface area contributed by atoms with Crippen molar-refractivity contribution in [3.05, 3.63) is 0 Å². The van der Waals surface area contributed by atoms with Gasteiger partial charge in [0.25, 0.3) is 0 Å². The third-order valence-corrected chi connectivity index (χ3v) is 3.47. The van der Waals surface area contributed by atoms with Crippen molar-refractivity contribution in [1.29, 1.82) is 0 Å². The van der Waals surface area contributed by atoms with E-state index in [-0.39, 0.29) is 0 Å². The molecule has 1 saturated carbocycles. The fourth-order valence-corrected chi connectivity index (χ4v) is 2.25. The number of aliphatic hydroxyl groups is 1. The third-order valence-electron chi connectivity index (χ3n) is 2.45. The predicted molar refractivity (Wildman–Crippen MR) is 46.2 cm³/mol. The molecule has 4 heteroatoms. The molecule has 0 heterocycles. The summed E-state index contributed by atoms with van der Waals surface area (Å²) in [6, 6.07) is 0. The molecule has 0 aliphatic heterocycles. The van der Waals surface area contributed by atoms with Crippen molar-refractivity contribution in [3.63, 3.8) is 0 Å². The van der Waals surface area contributed by atoms with Gasteiger partial charge in [-0.2, -0.15) is 0 Å². The van der Waals surface area contributed by atoms with Crippen LogP contribution in [0, 0.1) is 0 Å². The highest BCUT2D eigenvalue weighted by molar-refractivity contribution is 7.80. The maximum Gasteiger partial charge on any atom is 0.126 e. The summed E-state index contributed by atoms with van der Waals surface area (Å²) in [4.78, 5) is -1.43. The van der Waals surface area contributed by atoms with Crippen LogP contribution in [0.4, 0.5) is 0 Å². The van der Waals surface area contributed by atoms with Crippen molar-refractivity contribution >= 4 is 11.1 Å². The second kappa shape index (κ2) is 4.35. The summed E-state index contributed by atoms with van der Waals surface area (Å²) < 4.78 is 21.4. The molecular weight excluding hydrogens is 176 g/mol. The van der Waals surface area contributed by atoms with Crippen LogP contribution in [-0.4, -0.2) is 18.8 Å². The van der Waals surface area contributed by atoms with Gasteiger partial charge in [-0.3, -0.25) is 4.21 Å². The Bertz CT molecular complexity index is 162. The summed E-state index contributed by atoms with van der Waals surface area (Å²) in [6.45, 7) is 0. The monoisotopic (exact) mass is 191 g/mol. The van der Waals surface area contributed by atoms with Crippen molar-refractivity contribution in [1.82, 2.24) is 0 Å². The van der Waals surface area contributed by atoms with Gasteiger partial charge < -0.3 is 9.66 Å². The van der Waals surface area contributed by atoms with Crippen LogP contribution in [0.15, 0.2) is 0 Å². The summed E-state index contributed by atoms with van der Waals surface area (Å²) in [6.07, 6.45) is 5.71. The molecule has 1 atom stereocenters. The Morgan fingerprint density at radius 2 is 1.50 bits per heavy atom. The van der Waals surface area contributed by atoms with Crippen LogP contribution in [0.3, 0.4) is 0 Å². The highest BCUT2D eigenvalue weighted by Gasteiger charge is 2.27. The molecule has 0 bridgehead atoms. The molecule has 3 nitrogen and oxygen atoms in total. The van der Waals surface area contributed by atoms with Gasteiger partial charge in [0.2, 0.25) is 0 Å².